The molecule has 0 heterocycles. The van der Waals surface area contributed by atoms with Gasteiger partial charge in [-0.15, -0.1) is 0 Å². The number of carbonyl (C=O) groups excluding carboxylic acids is 1. The zero-order chi connectivity index (χ0) is 16.3. The summed E-state index contributed by atoms with van der Waals surface area (Å²) in [6.45, 7) is 8.31. The summed E-state index contributed by atoms with van der Waals surface area (Å²) >= 11 is 0. The molecule has 0 aliphatic heterocycles. The maximum Gasteiger partial charge on any atom is 1.00 e. The molecule has 1 aromatic carbocycles. The first-order chi connectivity index (χ1) is 9.47. The SMILES string of the molecule is CC(CC(=O)Oc1ccc(S(=O)(=O)[O-])cc1)CC(C)(C)C.[Na+]. The molecule has 0 saturated carbocycles. The Morgan fingerprint density at radius 3 is 2.14 bits per heavy atom. The molecular formula is C15H21NaO5S. The van der Waals surface area contributed by atoms with Crippen LogP contribution in [0.2, 0.25) is 0 Å². The van der Waals surface area contributed by atoms with E-state index in [4.69, 9.17) is 4.74 Å². The Bertz CT molecular complexity index is 587. The number of rotatable bonds is 5. The van der Waals surface area contributed by atoms with Gasteiger partial charge in [-0.2, -0.15) is 0 Å². The van der Waals surface area contributed by atoms with E-state index in [9.17, 15) is 17.8 Å². The van der Waals surface area contributed by atoms with E-state index >= 15 is 0 Å². The van der Waals surface area contributed by atoms with E-state index in [-0.39, 0.29) is 57.5 Å². The van der Waals surface area contributed by atoms with E-state index in [1.165, 1.54) is 12.1 Å². The van der Waals surface area contributed by atoms with E-state index in [1.807, 2.05) is 6.92 Å². The first-order valence-electron chi connectivity index (χ1n) is 6.74. The summed E-state index contributed by atoms with van der Waals surface area (Å²) in [7, 11) is -4.48. The molecule has 1 atom stereocenters. The fourth-order valence-corrected chi connectivity index (χ4v) is 2.72. The molecule has 0 bridgehead atoms. The predicted molar refractivity (Wildman–Crippen MR) is 77.9 cm³/mol. The van der Waals surface area contributed by atoms with E-state index < -0.39 is 10.1 Å². The van der Waals surface area contributed by atoms with Crippen molar-refractivity contribution < 1.29 is 52.1 Å². The number of hydrogen-bond donors (Lipinski definition) is 0. The summed E-state index contributed by atoms with van der Waals surface area (Å²) in [5, 5.41) is 0. The average molecular weight is 336 g/mol. The van der Waals surface area contributed by atoms with Crippen LogP contribution in [0.1, 0.15) is 40.5 Å². The maximum absolute atomic E-state index is 11.8. The summed E-state index contributed by atoms with van der Waals surface area (Å²) in [6, 6.07) is 4.86. The Balaban J connectivity index is 0.00000441. The molecular weight excluding hydrogens is 315 g/mol. The minimum atomic E-state index is -4.48. The molecule has 0 aromatic heterocycles. The third kappa shape index (κ3) is 8.29. The van der Waals surface area contributed by atoms with Crippen LogP contribution in [0, 0.1) is 11.3 Å². The van der Waals surface area contributed by atoms with Crippen LogP contribution in [0.4, 0.5) is 0 Å². The molecule has 5 nitrogen and oxygen atoms in total. The van der Waals surface area contributed by atoms with E-state index in [0.29, 0.717) is 6.42 Å². The monoisotopic (exact) mass is 336 g/mol. The van der Waals surface area contributed by atoms with Gasteiger partial charge in [0.25, 0.3) is 0 Å². The van der Waals surface area contributed by atoms with Gasteiger partial charge in [-0.3, -0.25) is 4.79 Å². The second-order valence-electron chi connectivity index (χ2n) is 6.47. The fourth-order valence-electron chi connectivity index (χ4n) is 2.25. The van der Waals surface area contributed by atoms with Crippen molar-refractivity contribution in [3.8, 4) is 5.75 Å². The molecule has 0 radical (unpaired) electrons. The minimum absolute atomic E-state index is 0. The first-order valence-corrected chi connectivity index (χ1v) is 8.15. The van der Waals surface area contributed by atoms with Gasteiger partial charge in [-0.05, 0) is 42.0 Å². The topological polar surface area (TPSA) is 83.5 Å². The summed E-state index contributed by atoms with van der Waals surface area (Å²) in [6.07, 6.45) is 1.19. The van der Waals surface area contributed by atoms with Crippen LogP contribution in [0.25, 0.3) is 0 Å². The molecule has 118 valence electrons. The standard InChI is InChI=1S/C15H22O5S.Na/c1-11(10-15(2,3)4)9-14(16)20-12-5-7-13(8-6-12)21(17,18)19;/h5-8,11H,9-10H2,1-4H3,(H,17,18,19);/q;+1/p-1. The van der Waals surface area contributed by atoms with Crippen molar-refractivity contribution in [3.63, 3.8) is 0 Å². The van der Waals surface area contributed by atoms with Crippen LogP contribution < -0.4 is 34.3 Å². The summed E-state index contributed by atoms with van der Waals surface area (Å²) < 4.78 is 37.5. The molecule has 1 aromatic rings. The van der Waals surface area contributed by atoms with Crippen LogP contribution in [0.5, 0.6) is 5.75 Å². The molecule has 0 aliphatic carbocycles. The molecule has 1 unspecified atom stereocenters. The van der Waals surface area contributed by atoms with Gasteiger partial charge >= 0.3 is 35.5 Å². The van der Waals surface area contributed by atoms with Crippen molar-refractivity contribution in [1.29, 1.82) is 0 Å². The molecule has 0 N–H and O–H groups in total. The van der Waals surface area contributed by atoms with Crippen LogP contribution in [0.3, 0.4) is 0 Å². The molecule has 0 saturated heterocycles. The van der Waals surface area contributed by atoms with Crippen molar-refractivity contribution in [2.75, 3.05) is 0 Å². The van der Waals surface area contributed by atoms with Crippen molar-refractivity contribution in [3.05, 3.63) is 24.3 Å². The molecule has 7 heteroatoms. The molecule has 0 spiro atoms. The summed E-state index contributed by atoms with van der Waals surface area (Å²) in [5.41, 5.74) is 0.143. The molecule has 0 amide bonds. The maximum atomic E-state index is 11.8. The van der Waals surface area contributed by atoms with Crippen LogP contribution in [0.15, 0.2) is 29.2 Å². The van der Waals surface area contributed by atoms with Crippen molar-refractivity contribution in [2.24, 2.45) is 11.3 Å². The van der Waals surface area contributed by atoms with Crippen LogP contribution in [-0.2, 0) is 14.9 Å². The van der Waals surface area contributed by atoms with Crippen molar-refractivity contribution >= 4 is 16.1 Å². The molecule has 1 rings (SSSR count). The zero-order valence-electron chi connectivity index (χ0n) is 13.8. The zero-order valence-corrected chi connectivity index (χ0v) is 16.6. The third-order valence-electron chi connectivity index (χ3n) is 2.82. The Morgan fingerprint density at radius 2 is 1.73 bits per heavy atom. The van der Waals surface area contributed by atoms with Gasteiger partial charge in [0.05, 0.1) is 4.90 Å². The van der Waals surface area contributed by atoms with Crippen molar-refractivity contribution in [1.82, 2.24) is 0 Å². The fraction of sp³-hybridized carbons (Fsp3) is 0.533. The molecule has 0 fully saturated rings. The minimum Gasteiger partial charge on any atom is -0.744 e. The average Bonchev–Trinajstić information content (AvgIpc) is 2.25. The van der Waals surface area contributed by atoms with Gasteiger partial charge in [0, 0.05) is 6.42 Å². The van der Waals surface area contributed by atoms with E-state index in [2.05, 4.69) is 20.8 Å². The van der Waals surface area contributed by atoms with Gasteiger partial charge in [-0.1, -0.05) is 27.7 Å². The van der Waals surface area contributed by atoms with Gasteiger partial charge in [0.1, 0.15) is 15.9 Å². The largest absolute Gasteiger partial charge is 1.00 e. The summed E-state index contributed by atoms with van der Waals surface area (Å²) in [5.74, 6) is 0.0543. The second-order valence-corrected chi connectivity index (χ2v) is 7.85. The Hall–Kier alpha value is -0.400. The predicted octanol–water partition coefficient (Wildman–Crippen LogP) is -0.0375. The Kier molecular flexibility index (Phi) is 8.30. The van der Waals surface area contributed by atoms with Crippen LogP contribution >= 0.6 is 0 Å². The van der Waals surface area contributed by atoms with Gasteiger partial charge < -0.3 is 9.29 Å². The first kappa shape index (κ1) is 21.6. The number of ether oxygens (including phenoxy) is 1. The van der Waals surface area contributed by atoms with E-state index in [1.54, 1.807) is 0 Å². The van der Waals surface area contributed by atoms with Gasteiger partial charge in [0.2, 0.25) is 0 Å². The molecule has 0 aliphatic rings. The number of hydrogen-bond acceptors (Lipinski definition) is 5. The smallest absolute Gasteiger partial charge is 0.744 e. The van der Waals surface area contributed by atoms with Gasteiger partial charge in [0.15, 0.2) is 0 Å². The van der Waals surface area contributed by atoms with Crippen LogP contribution in [-0.4, -0.2) is 18.9 Å². The Labute approximate surface area is 154 Å². The van der Waals surface area contributed by atoms with Gasteiger partial charge in [-0.25, -0.2) is 8.42 Å². The summed E-state index contributed by atoms with van der Waals surface area (Å²) in [4.78, 5) is 11.4. The quantitative estimate of drug-likeness (QED) is 0.326. The molecule has 22 heavy (non-hydrogen) atoms. The normalized spacial score (nSPS) is 13.1. The number of benzene rings is 1. The third-order valence-corrected chi connectivity index (χ3v) is 3.67. The number of carbonyl (C=O) groups is 1. The van der Waals surface area contributed by atoms with Crippen molar-refractivity contribution in [2.45, 2.75) is 45.4 Å². The second kappa shape index (κ2) is 8.45. The van der Waals surface area contributed by atoms with E-state index in [0.717, 1.165) is 18.6 Å². The number of esters is 1. The Morgan fingerprint density at radius 1 is 1.23 bits per heavy atom.